The maximum absolute atomic E-state index is 13.9. The summed E-state index contributed by atoms with van der Waals surface area (Å²) < 4.78 is 20.1. The largest absolute Gasteiger partial charge is 0.381 e. The van der Waals surface area contributed by atoms with Gasteiger partial charge in [0.2, 0.25) is 0 Å². The zero-order chi connectivity index (χ0) is 17.4. The first kappa shape index (κ1) is 19.2. The van der Waals surface area contributed by atoms with E-state index < -0.39 is 0 Å². The van der Waals surface area contributed by atoms with Gasteiger partial charge in [0.15, 0.2) is 5.96 Å². The van der Waals surface area contributed by atoms with Gasteiger partial charge in [-0.3, -0.25) is 0 Å². The van der Waals surface area contributed by atoms with Gasteiger partial charge in [-0.15, -0.1) is 0 Å². The molecular weight excluding hydrogens is 373 g/mol. The van der Waals surface area contributed by atoms with Crippen LogP contribution in [0.15, 0.2) is 27.7 Å². The van der Waals surface area contributed by atoms with Crippen molar-refractivity contribution in [2.24, 2.45) is 10.9 Å². The van der Waals surface area contributed by atoms with Crippen LogP contribution < -0.4 is 5.32 Å². The summed E-state index contributed by atoms with van der Waals surface area (Å²) in [7, 11) is 2.04. The maximum Gasteiger partial charge on any atom is 0.193 e. The molecule has 1 fully saturated rings. The lowest BCUT2D eigenvalue weighted by Crippen LogP contribution is -2.40. The lowest BCUT2D eigenvalue weighted by atomic mass is 9.96. The van der Waals surface area contributed by atoms with Crippen molar-refractivity contribution < 1.29 is 9.13 Å². The molecule has 24 heavy (non-hydrogen) atoms. The quantitative estimate of drug-likeness (QED) is 0.583. The molecule has 0 aromatic heterocycles. The molecule has 0 bridgehead atoms. The molecular formula is C18H27BrFN3O. The van der Waals surface area contributed by atoms with Gasteiger partial charge in [0, 0.05) is 43.4 Å². The van der Waals surface area contributed by atoms with E-state index in [0.717, 1.165) is 61.9 Å². The molecule has 0 aliphatic carbocycles. The molecule has 1 aromatic rings. The highest BCUT2D eigenvalue weighted by Crippen LogP contribution is 2.19. The van der Waals surface area contributed by atoms with E-state index in [9.17, 15) is 4.39 Å². The number of benzene rings is 1. The minimum atomic E-state index is -0.228. The van der Waals surface area contributed by atoms with Gasteiger partial charge in [0.05, 0.1) is 6.54 Å². The van der Waals surface area contributed by atoms with Crippen LogP contribution in [0.3, 0.4) is 0 Å². The van der Waals surface area contributed by atoms with Crippen LogP contribution in [0.1, 0.15) is 31.7 Å². The average molecular weight is 400 g/mol. The Morgan fingerprint density at radius 1 is 1.42 bits per heavy atom. The Labute approximate surface area is 152 Å². The van der Waals surface area contributed by atoms with Gasteiger partial charge in [-0.05, 0) is 44.2 Å². The fraction of sp³-hybridized carbons (Fsp3) is 0.611. The lowest BCUT2D eigenvalue weighted by molar-refractivity contribution is 0.0625. The first-order chi connectivity index (χ1) is 11.6. The summed E-state index contributed by atoms with van der Waals surface area (Å²) in [6.07, 6.45) is 3.42. The molecule has 4 nitrogen and oxygen atoms in total. The van der Waals surface area contributed by atoms with Crippen LogP contribution in [0.4, 0.5) is 4.39 Å². The number of aliphatic imine (C=N–C) groups is 1. The standard InChI is InChI=1S/C18H27BrFN3O/c1-3-21-18(22-13-15-4-5-16(19)12-17(15)20)23(2)9-6-14-7-10-24-11-8-14/h4-5,12,14H,3,6-11,13H2,1-2H3,(H,21,22). The smallest absolute Gasteiger partial charge is 0.193 e. The molecule has 134 valence electrons. The molecule has 0 unspecified atom stereocenters. The second-order valence-electron chi connectivity index (χ2n) is 6.17. The van der Waals surface area contributed by atoms with Gasteiger partial charge in [0.1, 0.15) is 5.82 Å². The molecule has 0 atom stereocenters. The van der Waals surface area contributed by atoms with Crippen molar-refractivity contribution in [2.45, 2.75) is 32.7 Å². The van der Waals surface area contributed by atoms with Crippen LogP contribution in [-0.4, -0.2) is 44.2 Å². The molecule has 1 aliphatic heterocycles. The first-order valence-electron chi connectivity index (χ1n) is 8.61. The minimum Gasteiger partial charge on any atom is -0.381 e. The normalized spacial score (nSPS) is 16.2. The Bertz CT molecular complexity index is 547. The summed E-state index contributed by atoms with van der Waals surface area (Å²) in [5.41, 5.74) is 0.603. The van der Waals surface area contributed by atoms with Crippen LogP contribution in [-0.2, 0) is 11.3 Å². The molecule has 6 heteroatoms. The van der Waals surface area contributed by atoms with Crippen molar-refractivity contribution in [3.05, 3.63) is 34.1 Å². The van der Waals surface area contributed by atoms with Crippen LogP contribution >= 0.6 is 15.9 Å². The van der Waals surface area contributed by atoms with E-state index in [1.165, 1.54) is 6.07 Å². The number of nitrogens with one attached hydrogen (secondary N) is 1. The molecule has 0 amide bonds. The first-order valence-corrected chi connectivity index (χ1v) is 9.40. The van der Waals surface area contributed by atoms with Gasteiger partial charge in [-0.1, -0.05) is 22.0 Å². The van der Waals surface area contributed by atoms with Gasteiger partial charge < -0.3 is 15.0 Å². The Morgan fingerprint density at radius 3 is 2.83 bits per heavy atom. The van der Waals surface area contributed by atoms with Crippen LogP contribution in [0.2, 0.25) is 0 Å². The van der Waals surface area contributed by atoms with Gasteiger partial charge >= 0.3 is 0 Å². The van der Waals surface area contributed by atoms with Crippen molar-refractivity contribution in [3.8, 4) is 0 Å². The third-order valence-corrected chi connectivity index (χ3v) is 4.82. The summed E-state index contributed by atoms with van der Waals surface area (Å²) in [6, 6.07) is 5.09. The zero-order valence-corrected chi connectivity index (χ0v) is 16.1. The van der Waals surface area contributed by atoms with Crippen molar-refractivity contribution in [3.63, 3.8) is 0 Å². The van der Waals surface area contributed by atoms with E-state index in [4.69, 9.17) is 4.74 Å². The SMILES string of the molecule is CCNC(=NCc1ccc(Br)cc1F)N(C)CCC1CCOCC1. The molecule has 0 spiro atoms. The van der Waals surface area contributed by atoms with E-state index in [1.54, 1.807) is 6.07 Å². The number of rotatable bonds is 6. The fourth-order valence-electron chi connectivity index (χ4n) is 2.80. The van der Waals surface area contributed by atoms with E-state index in [1.807, 2.05) is 20.0 Å². The highest BCUT2D eigenvalue weighted by Gasteiger charge is 2.15. The van der Waals surface area contributed by atoms with Crippen molar-refractivity contribution in [2.75, 3.05) is 33.4 Å². The lowest BCUT2D eigenvalue weighted by Gasteiger charge is -2.26. The van der Waals surface area contributed by atoms with Gasteiger partial charge in [-0.2, -0.15) is 0 Å². The maximum atomic E-state index is 13.9. The van der Waals surface area contributed by atoms with E-state index >= 15 is 0 Å². The molecule has 1 aromatic carbocycles. The summed E-state index contributed by atoms with van der Waals surface area (Å²) in [5, 5.41) is 3.29. The van der Waals surface area contributed by atoms with E-state index in [-0.39, 0.29) is 5.82 Å². The van der Waals surface area contributed by atoms with Crippen molar-refractivity contribution in [1.29, 1.82) is 0 Å². The number of hydrogen-bond acceptors (Lipinski definition) is 2. The second-order valence-corrected chi connectivity index (χ2v) is 7.09. The second kappa shape index (κ2) is 9.99. The molecule has 1 aliphatic rings. The van der Waals surface area contributed by atoms with Gasteiger partial charge in [0.25, 0.3) is 0 Å². The Hall–Kier alpha value is -1.14. The number of ether oxygens (including phenoxy) is 1. The summed E-state index contributed by atoms with van der Waals surface area (Å²) >= 11 is 3.28. The number of nitrogens with zero attached hydrogens (tertiary/aromatic N) is 2. The predicted octanol–water partition coefficient (Wildman–Crippen LogP) is 3.80. The van der Waals surface area contributed by atoms with Crippen molar-refractivity contribution >= 4 is 21.9 Å². The number of halogens is 2. The number of hydrogen-bond donors (Lipinski definition) is 1. The molecule has 1 heterocycles. The molecule has 0 radical (unpaired) electrons. The Kier molecular flexibility index (Phi) is 7.99. The molecule has 1 saturated heterocycles. The Balaban J connectivity index is 1.93. The summed E-state index contributed by atoms with van der Waals surface area (Å²) in [5.74, 6) is 1.33. The number of guanidine groups is 1. The van der Waals surface area contributed by atoms with Crippen LogP contribution in [0.25, 0.3) is 0 Å². The van der Waals surface area contributed by atoms with Crippen LogP contribution in [0, 0.1) is 11.7 Å². The minimum absolute atomic E-state index is 0.228. The van der Waals surface area contributed by atoms with Gasteiger partial charge in [-0.25, -0.2) is 9.38 Å². The van der Waals surface area contributed by atoms with E-state index in [0.29, 0.717) is 12.1 Å². The average Bonchev–Trinajstić information content (AvgIpc) is 2.58. The highest BCUT2D eigenvalue weighted by molar-refractivity contribution is 9.10. The summed E-state index contributed by atoms with van der Waals surface area (Å²) in [4.78, 5) is 6.72. The molecule has 1 N–H and O–H groups in total. The Morgan fingerprint density at radius 2 is 2.17 bits per heavy atom. The summed E-state index contributed by atoms with van der Waals surface area (Å²) in [6.45, 7) is 5.88. The topological polar surface area (TPSA) is 36.9 Å². The van der Waals surface area contributed by atoms with E-state index in [2.05, 4.69) is 31.1 Å². The predicted molar refractivity (Wildman–Crippen MR) is 99.7 cm³/mol. The molecule has 0 saturated carbocycles. The third-order valence-electron chi connectivity index (χ3n) is 4.32. The monoisotopic (exact) mass is 399 g/mol. The highest BCUT2D eigenvalue weighted by atomic mass is 79.9. The zero-order valence-electron chi connectivity index (χ0n) is 14.5. The van der Waals surface area contributed by atoms with Crippen molar-refractivity contribution in [1.82, 2.24) is 10.2 Å². The van der Waals surface area contributed by atoms with Crippen LogP contribution in [0.5, 0.6) is 0 Å². The molecule has 2 rings (SSSR count). The third kappa shape index (κ3) is 6.06. The fourth-order valence-corrected chi connectivity index (χ4v) is 3.13.